The largest absolute Gasteiger partial charge is 0.511 e. The van der Waals surface area contributed by atoms with Gasteiger partial charge in [-0.1, -0.05) is 12.1 Å². The molecule has 0 atom stereocenters. The second-order valence-electron chi connectivity index (χ2n) is 4.09. The molecule has 7 heteroatoms. The zero-order valence-electron chi connectivity index (χ0n) is 11.1. The van der Waals surface area contributed by atoms with Crippen LogP contribution in [0.3, 0.4) is 0 Å². The third-order valence-electron chi connectivity index (χ3n) is 2.65. The van der Waals surface area contributed by atoms with Gasteiger partial charge >= 0.3 is 12.3 Å². The zero-order chi connectivity index (χ0) is 16.1. The first-order chi connectivity index (χ1) is 10.5. The summed E-state index contributed by atoms with van der Waals surface area (Å²) in [5, 5.41) is 17.1. The van der Waals surface area contributed by atoms with Gasteiger partial charge in [-0.3, -0.25) is 4.79 Å². The minimum absolute atomic E-state index is 0.0686. The fraction of sp³-hybridized carbons (Fsp3) is 0. The van der Waals surface area contributed by atoms with E-state index in [4.69, 9.17) is 10.2 Å². The molecule has 7 nitrogen and oxygen atoms in total. The number of hydrogen-bond acceptors (Lipinski definition) is 5. The molecule has 0 fully saturated rings. The highest BCUT2D eigenvalue weighted by Crippen LogP contribution is 2.23. The van der Waals surface area contributed by atoms with Crippen molar-refractivity contribution in [3.05, 3.63) is 59.7 Å². The van der Waals surface area contributed by atoms with Gasteiger partial charge in [0.2, 0.25) is 0 Å². The molecule has 0 aliphatic carbocycles. The topological polar surface area (TPSA) is 110 Å². The van der Waals surface area contributed by atoms with Crippen LogP contribution in [0.5, 0.6) is 11.5 Å². The summed E-state index contributed by atoms with van der Waals surface area (Å²) in [6.07, 6.45) is -2.98. The van der Waals surface area contributed by atoms with E-state index in [0.29, 0.717) is 0 Å². The molecule has 0 bridgehead atoms. The number of carbonyl (C=O) groups excluding carboxylic acids is 1. The van der Waals surface area contributed by atoms with Gasteiger partial charge in [0.25, 0.3) is 0 Å². The van der Waals surface area contributed by atoms with Crippen molar-refractivity contribution in [2.75, 3.05) is 0 Å². The third-order valence-corrected chi connectivity index (χ3v) is 2.65. The highest BCUT2D eigenvalue weighted by molar-refractivity contribution is 6.11. The first kappa shape index (κ1) is 15.0. The summed E-state index contributed by atoms with van der Waals surface area (Å²) in [4.78, 5) is 33.4. The molecule has 0 saturated carbocycles. The quantitative estimate of drug-likeness (QED) is 0.507. The first-order valence-corrected chi connectivity index (χ1v) is 6.02. The Morgan fingerprint density at radius 1 is 0.773 bits per heavy atom. The molecule has 0 saturated heterocycles. The van der Waals surface area contributed by atoms with E-state index < -0.39 is 18.1 Å². The number of para-hydroxylation sites is 1. The Bertz CT molecular complexity index is 719. The van der Waals surface area contributed by atoms with Crippen molar-refractivity contribution in [1.82, 2.24) is 0 Å². The van der Waals surface area contributed by atoms with E-state index in [-0.39, 0.29) is 22.6 Å². The van der Waals surface area contributed by atoms with Crippen LogP contribution in [0.1, 0.15) is 15.9 Å². The molecule has 0 amide bonds. The van der Waals surface area contributed by atoms with Gasteiger partial charge in [-0.15, -0.1) is 0 Å². The highest BCUT2D eigenvalue weighted by Gasteiger charge is 2.16. The molecule has 22 heavy (non-hydrogen) atoms. The van der Waals surface area contributed by atoms with Gasteiger partial charge in [0.1, 0.15) is 11.5 Å². The van der Waals surface area contributed by atoms with Gasteiger partial charge in [0.05, 0.1) is 5.56 Å². The van der Waals surface area contributed by atoms with E-state index >= 15 is 0 Å². The molecule has 2 aromatic carbocycles. The molecular formula is C15H10O7. The Morgan fingerprint density at radius 3 is 1.95 bits per heavy atom. The molecular weight excluding hydrogens is 292 g/mol. The van der Waals surface area contributed by atoms with E-state index in [9.17, 15) is 14.4 Å². The number of carbonyl (C=O) groups is 3. The van der Waals surface area contributed by atoms with Crippen molar-refractivity contribution in [3.63, 3.8) is 0 Å². The molecule has 2 N–H and O–H groups in total. The summed E-state index contributed by atoms with van der Waals surface area (Å²) in [6.45, 7) is 0. The highest BCUT2D eigenvalue weighted by atomic mass is 16.7. The maximum absolute atomic E-state index is 12.4. The minimum Gasteiger partial charge on any atom is -0.449 e. The van der Waals surface area contributed by atoms with Crippen molar-refractivity contribution in [3.8, 4) is 11.5 Å². The fourth-order valence-corrected chi connectivity index (χ4v) is 1.77. The summed E-state index contributed by atoms with van der Waals surface area (Å²) in [5.74, 6) is -0.469. The lowest BCUT2D eigenvalue weighted by molar-refractivity contribution is 0.103. The number of ketones is 1. The van der Waals surface area contributed by atoms with E-state index in [1.165, 1.54) is 36.4 Å². The van der Waals surface area contributed by atoms with Crippen molar-refractivity contribution < 1.29 is 34.1 Å². The predicted molar refractivity (Wildman–Crippen MR) is 73.6 cm³/mol. The summed E-state index contributed by atoms with van der Waals surface area (Å²) in [5.41, 5.74) is 0.316. The molecule has 0 radical (unpaired) electrons. The van der Waals surface area contributed by atoms with E-state index in [1.807, 2.05) is 0 Å². The Hall–Kier alpha value is -3.35. The first-order valence-electron chi connectivity index (χ1n) is 6.02. The van der Waals surface area contributed by atoms with E-state index in [0.717, 1.165) is 0 Å². The van der Waals surface area contributed by atoms with Crippen LogP contribution in [0.15, 0.2) is 48.5 Å². The van der Waals surface area contributed by atoms with Crippen molar-refractivity contribution in [2.45, 2.75) is 0 Å². The number of rotatable bonds is 4. The summed E-state index contributed by atoms with van der Waals surface area (Å²) >= 11 is 0. The van der Waals surface area contributed by atoms with Crippen LogP contribution < -0.4 is 9.47 Å². The number of carboxylic acid groups (broad SMARTS) is 2. The lowest BCUT2D eigenvalue weighted by Crippen LogP contribution is -2.09. The molecule has 0 aliphatic heterocycles. The summed E-state index contributed by atoms with van der Waals surface area (Å²) in [6, 6.07) is 11.3. The van der Waals surface area contributed by atoms with Gasteiger partial charge < -0.3 is 19.7 Å². The van der Waals surface area contributed by atoms with E-state index in [1.54, 1.807) is 12.1 Å². The second-order valence-corrected chi connectivity index (χ2v) is 4.09. The van der Waals surface area contributed by atoms with Crippen LogP contribution in [-0.2, 0) is 0 Å². The molecule has 112 valence electrons. The van der Waals surface area contributed by atoms with Crippen LogP contribution in [-0.4, -0.2) is 28.3 Å². The van der Waals surface area contributed by atoms with Crippen LogP contribution in [0.4, 0.5) is 9.59 Å². The maximum atomic E-state index is 12.4. The number of ether oxygens (including phenoxy) is 2. The standard InChI is InChI=1S/C15H10O7/c16-13(9-5-7-10(8-6-9)21-14(17)18)11-3-1-2-4-12(11)22-15(19)20/h1-8H,(H,17,18)(H,19,20). The number of hydrogen-bond donors (Lipinski definition) is 2. The Kier molecular flexibility index (Phi) is 4.38. The van der Waals surface area contributed by atoms with Crippen LogP contribution in [0.2, 0.25) is 0 Å². The molecule has 2 rings (SSSR count). The maximum Gasteiger partial charge on any atom is 0.511 e. The third kappa shape index (κ3) is 3.60. The summed E-state index contributed by atoms with van der Waals surface area (Å²) in [7, 11) is 0. The Labute approximate surface area is 124 Å². The Balaban J connectivity index is 2.28. The van der Waals surface area contributed by atoms with Crippen LogP contribution in [0.25, 0.3) is 0 Å². The molecule has 0 spiro atoms. The molecule has 0 aliphatic rings. The van der Waals surface area contributed by atoms with Crippen molar-refractivity contribution in [1.29, 1.82) is 0 Å². The molecule has 0 heterocycles. The monoisotopic (exact) mass is 302 g/mol. The summed E-state index contributed by atoms with van der Waals surface area (Å²) < 4.78 is 8.99. The van der Waals surface area contributed by atoms with Crippen LogP contribution >= 0.6 is 0 Å². The minimum atomic E-state index is -1.52. The normalized spacial score (nSPS) is 9.82. The van der Waals surface area contributed by atoms with Gasteiger partial charge in [-0.2, -0.15) is 0 Å². The smallest absolute Gasteiger partial charge is 0.449 e. The van der Waals surface area contributed by atoms with Crippen LogP contribution in [0, 0.1) is 0 Å². The van der Waals surface area contributed by atoms with Gasteiger partial charge in [-0.05, 0) is 36.4 Å². The lowest BCUT2D eigenvalue weighted by Gasteiger charge is -2.07. The predicted octanol–water partition coefficient (Wildman–Crippen LogP) is 3.03. The van der Waals surface area contributed by atoms with Crippen molar-refractivity contribution >= 4 is 18.1 Å². The SMILES string of the molecule is O=C(O)Oc1ccc(C(=O)c2ccccc2OC(=O)O)cc1. The average Bonchev–Trinajstić information content (AvgIpc) is 2.47. The van der Waals surface area contributed by atoms with Gasteiger partial charge in [0, 0.05) is 5.56 Å². The van der Waals surface area contributed by atoms with Crippen molar-refractivity contribution in [2.24, 2.45) is 0 Å². The van der Waals surface area contributed by atoms with Gasteiger partial charge in [0.15, 0.2) is 5.78 Å². The molecule has 0 unspecified atom stereocenters. The number of benzene rings is 2. The second kappa shape index (κ2) is 6.40. The fourth-order valence-electron chi connectivity index (χ4n) is 1.77. The molecule has 0 aromatic heterocycles. The Morgan fingerprint density at radius 2 is 1.36 bits per heavy atom. The molecule has 2 aromatic rings. The zero-order valence-corrected chi connectivity index (χ0v) is 11.1. The van der Waals surface area contributed by atoms with Gasteiger partial charge in [-0.25, -0.2) is 9.59 Å². The van der Waals surface area contributed by atoms with E-state index in [2.05, 4.69) is 9.47 Å². The lowest BCUT2D eigenvalue weighted by atomic mass is 10.0. The average molecular weight is 302 g/mol.